The molecule has 21 heavy (non-hydrogen) atoms. The van der Waals surface area contributed by atoms with Gasteiger partial charge in [-0.05, 0) is 12.6 Å². The molecular formula is C16H27NO4. The topological polar surface area (TPSA) is 49.0 Å². The summed E-state index contributed by atoms with van der Waals surface area (Å²) in [6.07, 6.45) is -0.0490. The number of benzene rings is 1. The Bertz CT molecular complexity index is 373. The van der Waals surface area contributed by atoms with Gasteiger partial charge in [0.15, 0.2) is 0 Å². The molecule has 0 aliphatic carbocycles. The lowest BCUT2D eigenvalue weighted by atomic mass is 10.1. The largest absolute Gasteiger partial charge is 0.496 e. The molecule has 1 N–H and O–H groups in total. The molecule has 0 aromatic heterocycles. The van der Waals surface area contributed by atoms with E-state index in [0.29, 0.717) is 26.4 Å². The molecule has 0 saturated heterocycles. The van der Waals surface area contributed by atoms with Gasteiger partial charge >= 0.3 is 0 Å². The van der Waals surface area contributed by atoms with Gasteiger partial charge in [0.2, 0.25) is 0 Å². The van der Waals surface area contributed by atoms with E-state index in [1.54, 1.807) is 14.2 Å². The first kappa shape index (κ1) is 17.9. The Hall–Kier alpha value is -1.14. The van der Waals surface area contributed by atoms with Crippen LogP contribution in [0.1, 0.15) is 18.6 Å². The normalized spacial score (nSPS) is 12.3. The van der Waals surface area contributed by atoms with Crippen molar-refractivity contribution < 1.29 is 18.9 Å². The lowest BCUT2D eigenvalue weighted by molar-refractivity contribution is -0.00736. The number of rotatable bonds is 12. The van der Waals surface area contributed by atoms with Crippen LogP contribution >= 0.6 is 0 Å². The fourth-order valence-corrected chi connectivity index (χ4v) is 1.96. The monoisotopic (exact) mass is 297 g/mol. The fraction of sp³-hybridized carbons (Fsp3) is 0.625. The molecule has 5 nitrogen and oxygen atoms in total. The van der Waals surface area contributed by atoms with Crippen LogP contribution in [0.2, 0.25) is 0 Å². The van der Waals surface area contributed by atoms with E-state index in [9.17, 15) is 0 Å². The number of hydrogen-bond acceptors (Lipinski definition) is 5. The molecule has 1 unspecified atom stereocenters. The molecular weight excluding hydrogens is 270 g/mol. The number of likely N-dealkylation sites (N-methyl/N-ethyl adjacent to an activating group) is 1. The fourth-order valence-electron chi connectivity index (χ4n) is 1.96. The third kappa shape index (κ3) is 6.91. The van der Waals surface area contributed by atoms with E-state index in [0.717, 1.165) is 24.4 Å². The highest BCUT2D eigenvalue weighted by molar-refractivity contribution is 5.35. The molecule has 0 fully saturated rings. The van der Waals surface area contributed by atoms with Crippen LogP contribution in [-0.2, 0) is 14.2 Å². The summed E-state index contributed by atoms with van der Waals surface area (Å²) in [6, 6.07) is 7.94. The summed E-state index contributed by atoms with van der Waals surface area (Å²) in [4.78, 5) is 0. The Labute approximate surface area is 127 Å². The smallest absolute Gasteiger partial charge is 0.124 e. The summed E-state index contributed by atoms with van der Waals surface area (Å²) in [5, 5.41) is 3.32. The van der Waals surface area contributed by atoms with E-state index < -0.39 is 0 Å². The SMILES string of the molecule is CCNCC(OCCOCCOC)c1ccccc1OC. The minimum Gasteiger partial charge on any atom is -0.496 e. The Balaban J connectivity index is 2.51. The molecule has 1 atom stereocenters. The summed E-state index contributed by atoms with van der Waals surface area (Å²) in [6.45, 7) is 6.01. The summed E-state index contributed by atoms with van der Waals surface area (Å²) in [7, 11) is 3.34. The second-order valence-electron chi connectivity index (χ2n) is 4.51. The van der Waals surface area contributed by atoms with Crippen molar-refractivity contribution >= 4 is 0 Å². The molecule has 0 radical (unpaired) electrons. The van der Waals surface area contributed by atoms with E-state index in [4.69, 9.17) is 18.9 Å². The maximum absolute atomic E-state index is 5.94. The van der Waals surface area contributed by atoms with E-state index in [-0.39, 0.29) is 6.10 Å². The molecule has 1 aromatic carbocycles. The second kappa shape index (κ2) is 11.5. The number of methoxy groups -OCH3 is 2. The van der Waals surface area contributed by atoms with E-state index >= 15 is 0 Å². The molecule has 1 aromatic rings. The maximum atomic E-state index is 5.94. The Morgan fingerprint density at radius 3 is 2.52 bits per heavy atom. The summed E-state index contributed by atoms with van der Waals surface area (Å²) < 4.78 is 21.7. The maximum Gasteiger partial charge on any atom is 0.124 e. The molecule has 0 aliphatic heterocycles. The highest BCUT2D eigenvalue weighted by Crippen LogP contribution is 2.26. The van der Waals surface area contributed by atoms with Crippen molar-refractivity contribution in [1.82, 2.24) is 5.32 Å². The number of ether oxygens (including phenoxy) is 4. The Morgan fingerprint density at radius 1 is 1.05 bits per heavy atom. The molecule has 0 spiro atoms. The van der Waals surface area contributed by atoms with Crippen molar-refractivity contribution in [3.63, 3.8) is 0 Å². The van der Waals surface area contributed by atoms with E-state index in [2.05, 4.69) is 12.2 Å². The first-order chi connectivity index (χ1) is 10.3. The van der Waals surface area contributed by atoms with Gasteiger partial charge in [0, 0.05) is 19.2 Å². The summed E-state index contributed by atoms with van der Waals surface area (Å²) >= 11 is 0. The van der Waals surface area contributed by atoms with Crippen molar-refractivity contribution in [1.29, 1.82) is 0 Å². The zero-order valence-electron chi connectivity index (χ0n) is 13.3. The predicted octanol–water partition coefficient (Wildman–Crippen LogP) is 2.03. The van der Waals surface area contributed by atoms with Crippen LogP contribution in [0.3, 0.4) is 0 Å². The van der Waals surface area contributed by atoms with Gasteiger partial charge in [0.05, 0.1) is 39.6 Å². The molecule has 0 saturated carbocycles. The number of nitrogens with one attached hydrogen (secondary N) is 1. The van der Waals surface area contributed by atoms with Crippen LogP contribution in [0.5, 0.6) is 5.75 Å². The first-order valence-electron chi connectivity index (χ1n) is 7.35. The van der Waals surface area contributed by atoms with Gasteiger partial charge in [0.25, 0.3) is 0 Å². The van der Waals surface area contributed by atoms with Gasteiger partial charge in [-0.2, -0.15) is 0 Å². The van der Waals surface area contributed by atoms with Crippen molar-refractivity contribution in [3.8, 4) is 5.75 Å². The van der Waals surface area contributed by atoms with Gasteiger partial charge < -0.3 is 24.3 Å². The van der Waals surface area contributed by atoms with Crippen molar-refractivity contribution in [3.05, 3.63) is 29.8 Å². The third-order valence-electron chi connectivity index (χ3n) is 3.04. The molecule has 0 aliphatic rings. The zero-order valence-corrected chi connectivity index (χ0v) is 13.3. The Morgan fingerprint density at radius 2 is 1.81 bits per heavy atom. The van der Waals surface area contributed by atoms with E-state index in [1.807, 2.05) is 24.3 Å². The van der Waals surface area contributed by atoms with Crippen LogP contribution in [0.15, 0.2) is 24.3 Å². The van der Waals surface area contributed by atoms with Gasteiger partial charge in [0.1, 0.15) is 5.75 Å². The predicted molar refractivity (Wildman–Crippen MR) is 82.9 cm³/mol. The van der Waals surface area contributed by atoms with Gasteiger partial charge in [-0.3, -0.25) is 0 Å². The van der Waals surface area contributed by atoms with E-state index in [1.165, 1.54) is 0 Å². The molecule has 1 rings (SSSR count). The summed E-state index contributed by atoms with van der Waals surface area (Å²) in [5.41, 5.74) is 1.05. The second-order valence-corrected chi connectivity index (χ2v) is 4.51. The zero-order chi connectivity index (χ0) is 15.3. The first-order valence-corrected chi connectivity index (χ1v) is 7.35. The van der Waals surface area contributed by atoms with Crippen LogP contribution in [0.4, 0.5) is 0 Å². The average molecular weight is 297 g/mol. The van der Waals surface area contributed by atoms with Crippen molar-refractivity contribution in [2.24, 2.45) is 0 Å². The summed E-state index contributed by atoms with van der Waals surface area (Å²) in [5.74, 6) is 0.848. The molecule has 0 heterocycles. The van der Waals surface area contributed by atoms with Gasteiger partial charge in [-0.25, -0.2) is 0 Å². The van der Waals surface area contributed by atoms with Gasteiger partial charge in [-0.1, -0.05) is 25.1 Å². The quantitative estimate of drug-likeness (QED) is 0.598. The minimum atomic E-state index is -0.0490. The van der Waals surface area contributed by atoms with Gasteiger partial charge in [-0.15, -0.1) is 0 Å². The third-order valence-corrected chi connectivity index (χ3v) is 3.04. The van der Waals surface area contributed by atoms with Crippen LogP contribution in [0.25, 0.3) is 0 Å². The van der Waals surface area contributed by atoms with Crippen LogP contribution in [-0.4, -0.2) is 53.7 Å². The molecule has 120 valence electrons. The van der Waals surface area contributed by atoms with Crippen LogP contribution in [0, 0.1) is 0 Å². The molecule has 0 amide bonds. The number of para-hydroxylation sites is 1. The standard InChI is InChI=1S/C16H27NO4/c1-4-17-13-16(21-12-11-20-10-9-18-2)14-7-5-6-8-15(14)19-3/h5-8,16-17H,4,9-13H2,1-3H3. The van der Waals surface area contributed by atoms with Crippen molar-refractivity contribution in [2.45, 2.75) is 13.0 Å². The number of hydrogen-bond donors (Lipinski definition) is 1. The molecule has 5 heteroatoms. The lowest BCUT2D eigenvalue weighted by Gasteiger charge is -2.21. The highest BCUT2D eigenvalue weighted by atomic mass is 16.5. The highest BCUT2D eigenvalue weighted by Gasteiger charge is 2.15. The Kier molecular flexibility index (Phi) is 9.82. The van der Waals surface area contributed by atoms with Crippen molar-refractivity contribution in [2.75, 3.05) is 53.7 Å². The molecule has 0 bridgehead atoms. The minimum absolute atomic E-state index is 0.0490. The van der Waals surface area contributed by atoms with Crippen LogP contribution < -0.4 is 10.1 Å². The lowest BCUT2D eigenvalue weighted by Crippen LogP contribution is -2.24. The average Bonchev–Trinajstić information content (AvgIpc) is 2.53.